The maximum absolute atomic E-state index is 13.2. The molecule has 1 unspecified atom stereocenters. The van der Waals surface area contributed by atoms with Gasteiger partial charge in [-0.3, -0.25) is 9.59 Å². The van der Waals surface area contributed by atoms with Crippen LogP contribution < -0.4 is 4.74 Å². The lowest BCUT2D eigenvalue weighted by atomic mass is 10.1. The Balaban J connectivity index is 1.46. The Hall–Kier alpha value is -3.18. The van der Waals surface area contributed by atoms with Gasteiger partial charge in [0.15, 0.2) is 22.7 Å². The monoisotopic (exact) mass is 521 g/mol. The van der Waals surface area contributed by atoms with Crippen LogP contribution in [0.25, 0.3) is 0 Å². The number of ketones is 1. The molecule has 0 aliphatic carbocycles. The van der Waals surface area contributed by atoms with Crippen LogP contribution in [0.5, 0.6) is 5.75 Å². The number of Topliss-reactive ketones (excluding diaryl/α,β-unsaturated/α-hetero) is 1. The number of aromatic nitrogens is 1. The number of thiazole rings is 1. The lowest BCUT2D eigenvalue weighted by molar-refractivity contribution is -0.137. The van der Waals surface area contributed by atoms with Gasteiger partial charge in [-0.25, -0.2) is 9.78 Å². The van der Waals surface area contributed by atoms with Crippen molar-refractivity contribution >= 4 is 40.0 Å². The number of rotatable bonds is 8. The zero-order valence-corrected chi connectivity index (χ0v) is 19.6. The second-order valence-corrected chi connectivity index (χ2v) is 9.65. The molecule has 0 bridgehead atoms. The van der Waals surface area contributed by atoms with Crippen molar-refractivity contribution in [1.29, 1.82) is 0 Å². The number of hydrogen-bond acceptors (Lipinski definition) is 8. The molecule has 182 valence electrons. The number of hydrogen-bond donors (Lipinski definition) is 0. The molecule has 0 spiro atoms. The van der Waals surface area contributed by atoms with Crippen molar-refractivity contribution in [3.8, 4) is 5.75 Å². The number of carbonyl (C=O) groups is 3. The molecule has 6 nitrogen and oxygen atoms in total. The van der Waals surface area contributed by atoms with Gasteiger partial charge < -0.3 is 9.47 Å². The minimum atomic E-state index is -4.56. The second kappa shape index (κ2) is 10.6. The summed E-state index contributed by atoms with van der Waals surface area (Å²) < 4.78 is 50.8. The van der Waals surface area contributed by atoms with Crippen LogP contribution in [0, 0.1) is 0 Å². The highest BCUT2D eigenvalue weighted by molar-refractivity contribution is 8.15. The summed E-state index contributed by atoms with van der Waals surface area (Å²) in [6.45, 7) is -0.234. The third kappa shape index (κ3) is 6.49. The van der Waals surface area contributed by atoms with Gasteiger partial charge in [0.1, 0.15) is 12.4 Å². The average molecular weight is 522 g/mol. The Kier molecular flexibility index (Phi) is 7.56. The van der Waals surface area contributed by atoms with E-state index < -0.39 is 29.1 Å². The van der Waals surface area contributed by atoms with Gasteiger partial charge >= 0.3 is 12.1 Å². The highest BCUT2D eigenvalue weighted by Crippen LogP contribution is 2.32. The standard InChI is InChI=1S/C24H18F3NO5S2/c25-24(26,27)16-3-1-2-15(9-16)20(33-23(31)18-12-34-13-28-18)11-32-17-6-4-14(5-7-17)8-21-19(29)10-22(30)35-21/h1-7,9,12-13,20-21H,8,10-11H2/t20-,21?/m0/s1. The van der Waals surface area contributed by atoms with Crippen LogP contribution in [0.2, 0.25) is 0 Å². The van der Waals surface area contributed by atoms with Gasteiger partial charge in [0.05, 0.1) is 22.7 Å². The maximum Gasteiger partial charge on any atom is 0.416 e. The summed E-state index contributed by atoms with van der Waals surface area (Å²) in [6, 6.07) is 11.3. The Morgan fingerprint density at radius 3 is 2.54 bits per heavy atom. The summed E-state index contributed by atoms with van der Waals surface area (Å²) in [5.74, 6) is -0.469. The van der Waals surface area contributed by atoms with Crippen LogP contribution >= 0.6 is 23.1 Å². The molecule has 0 N–H and O–H groups in total. The first-order valence-electron chi connectivity index (χ1n) is 10.4. The summed E-state index contributed by atoms with van der Waals surface area (Å²) in [4.78, 5) is 39.6. The minimum absolute atomic E-state index is 0.0485. The van der Waals surface area contributed by atoms with Gasteiger partial charge in [-0.1, -0.05) is 36.0 Å². The van der Waals surface area contributed by atoms with E-state index in [9.17, 15) is 27.6 Å². The van der Waals surface area contributed by atoms with Crippen molar-refractivity contribution in [3.63, 3.8) is 0 Å². The molecular weight excluding hydrogens is 503 g/mol. The lowest BCUT2D eigenvalue weighted by Crippen LogP contribution is -2.19. The predicted octanol–water partition coefficient (Wildman–Crippen LogP) is 5.28. The molecular formula is C24H18F3NO5S2. The molecule has 0 saturated carbocycles. The Labute approximate surface area is 206 Å². The number of thioether (sulfide) groups is 1. The highest BCUT2D eigenvalue weighted by Gasteiger charge is 2.32. The molecule has 1 saturated heterocycles. The average Bonchev–Trinajstić information content (AvgIpc) is 3.47. The fourth-order valence-corrected chi connectivity index (χ4v) is 4.96. The molecule has 1 fully saturated rings. The normalized spacial score (nSPS) is 16.8. The first kappa shape index (κ1) is 24.9. The lowest BCUT2D eigenvalue weighted by Gasteiger charge is -2.20. The quantitative estimate of drug-likeness (QED) is 0.295. The van der Waals surface area contributed by atoms with Crippen LogP contribution in [0.3, 0.4) is 0 Å². The number of carbonyl (C=O) groups excluding carboxylic acids is 3. The third-order valence-corrected chi connectivity index (χ3v) is 6.88. The smallest absolute Gasteiger partial charge is 0.416 e. The van der Waals surface area contributed by atoms with E-state index in [1.54, 1.807) is 24.3 Å². The molecule has 3 aromatic rings. The number of benzene rings is 2. The van der Waals surface area contributed by atoms with Gasteiger partial charge in [0.2, 0.25) is 0 Å². The van der Waals surface area contributed by atoms with E-state index in [0.29, 0.717) is 12.2 Å². The summed E-state index contributed by atoms with van der Waals surface area (Å²) in [7, 11) is 0. The van der Waals surface area contributed by atoms with Crippen molar-refractivity contribution in [2.24, 2.45) is 0 Å². The maximum atomic E-state index is 13.2. The molecule has 2 atom stereocenters. The number of ether oxygens (including phenoxy) is 2. The van der Waals surface area contributed by atoms with Gasteiger partial charge in [-0.2, -0.15) is 13.2 Å². The van der Waals surface area contributed by atoms with Crippen molar-refractivity contribution in [2.75, 3.05) is 6.61 Å². The summed E-state index contributed by atoms with van der Waals surface area (Å²) in [5.41, 5.74) is 1.59. The van der Waals surface area contributed by atoms with E-state index in [-0.39, 0.29) is 35.2 Å². The third-order valence-electron chi connectivity index (χ3n) is 5.17. The first-order chi connectivity index (χ1) is 16.7. The summed E-state index contributed by atoms with van der Waals surface area (Å²) in [5, 5.41) is 0.948. The van der Waals surface area contributed by atoms with Gasteiger partial charge in [-0.05, 0) is 41.8 Å². The van der Waals surface area contributed by atoms with E-state index in [0.717, 1.165) is 29.5 Å². The van der Waals surface area contributed by atoms with Crippen molar-refractivity contribution < 1.29 is 37.0 Å². The molecule has 35 heavy (non-hydrogen) atoms. The number of nitrogens with zero attached hydrogens (tertiary/aromatic N) is 1. The van der Waals surface area contributed by atoms with Gasteiger partial charge in [-0.15, -0.1) is 11.3 Å². The molecule has 11 heteroatoms. The Morgan fingerprint density at radius 1 is 1.14 bits per heavy atom. The fraction of sp³-hybridized carbons (Fsp3) is 0.250. The van der Waals surface area contributed by atoms with Crippen LogP contribution in [-0.2, 0) is 26.9 Å². The molecule has 4 rings (SSSR count). The Morgan fingerprint density at radius 2 is 1.91 bits per heavy atom. The van der Waals surface area contributed by atoms with E-state index in [4.69, 9.17) is 9.47 Å². The molecule has 2 aromatic carbocycles. The van der Waals surface area contributed by atoms with E-state index >= 15 is 0 Å². The van der Waals surface area contributed by atoms with Crippen LogP contribution in [-0.4, -0.2) is 33.7 Å². The topological polar surface area (TPSA) is 82.6 Å². The van der Waals surface area contributed by atoms with Crippen molar-refractivity contribution in [1.82, 2.24) is 4.98 Å². The highest BCUT2D eigenvalue weighted by atomic mass is 32.2. The zero-order chi connectivity index (χ0) is 25.0. The number of alkyl halides is 3. The SMILES string of the molecule is O=C1CC(=O)C(Cc2ccc(OC[C@H](OC(=O)c3cscn3)c3cccc(C(F)(F)F)c3)cc2)S1. The Bertz CT molecular complexity index is 1210. The fourth-order valence-electron chi connectivity index (χ4n) is 3.40. The first-order valence-corrected chi connectivity index (χ1v) is 12.2. The second-order valence-electron chi connectivity index (χ2n) is 7.67. The predicted molar refractivity (Wildman–Crippen MR) is 123 cm³/mol. The molecule has 0 radical (unpaired) electrons. The molecule has 0 amide bonds. The van der Waals surface area contributed by atoms with E-state index in [2.05, 4.69) is 4.98 Å². The zero-order valence-electron chi connectivity index (χ0n) is 18.0. The number of halogens is 3. The van der Waals surface area contributed by atoms with Crippen molar-refractivity contribution in [3.05, 3.63) is 81.8 Å². The van der Waals surface area contributed by atoms with Crippen molar-refractivity contribution in [2.45, 2.75) is 30.4 Å². The molecule has 1 aliphatic rings. The largest absolute Gasteiger partial charge is 0.489 e. The van der Waals surface area contributed by atoms with E-state index in [1.807, 2.05) is 0 Å². The van der Waals surface area contributed by atoms with Crippen LogP contribution in [0.15, 0.2) is 59.4 Å². The molecule has 1 aromatic heterocycles. The van der Waals surface area contributed by atoms with Gasteiger partial charge in [0.25, 0.3) is 0 Å². The van der Waals surface area contributed by atoms with Crippen LogP contribution in [0.4, 0.5) is 13.2 Å². The van der Waals surface area contributed by atoms with E-state index in [1.165, 1.54) is 34.4 Å². The number of esters is 1. The van der Waals surface area contributed by atoms with Crippen LogP contribution in [0.1, 0.15) is 39.7 Å². The summed E-state index contributed by atoms with van der Waals surface area (Å²) >= 11 is 2.23. The molecule has 1 aliphatic heterocycles. The summed E-state index contributed by atoms with van der Waals surface area (Å²) in [6.07, 6.45) is -5.31. The minimum Gasteiger partial charge on any atom is -0.489 e. The molecule has 2 heterocycles. The van der Waals surface area contributed by atoms with Gasteiger partial charge in [0, 0.05) is 5.38 Å².